The van der Waals surface area contributed by atoms with Gasteiger partial charge in [-0.25, -0.2) is 0 Å². The molecule has 158 valence electrons. The van der Waals surface area contributed by atoms with E-state index in [4.69, 9.17) is 18.9 Å². The van der Waals surface area contributed by atoms with Crippen LogP contribution in [-0.4, -0.2) is 39.5 Å². The zero-order chi connectivity index (χ0) is 19.1. The third-order valence-corrected chi connectivity index (χ3v) is 4.40. The van der Waals surface area contributed by atoms with Crippen molar-refractivity contribution in [1.82, 2.24) is 0 Å². The molecule has 0 aromatic rings. The van der Waals surface area contributed by atoms with E-state index in [1.54, 1.807) is 0 Å². The van der Waals surface area contributed by atoms with Crippen molar-refractivity contribution in [3.63, 3.8) is 0 Å². The van der Waals surface area contributed by atoms with Gasteiger partial charge in [-0.2, -0.15) is 0 Å². The molecule has 0 saturated carbocycles. The van der Waals surface area contributed by atoms with E-state index in [1.807, 2.05) is 0 Å². The van der Waals surface area contributed by atoms with Gasteiger partial charge in [0.15, 0.2) is 6.29 Å². The standard InChI is InChI=1S/C22H46O4/c1-4-7-10-14-19-24-21-26-22(25-20-13-9-6-3)16-11-15-18-23-17-12-8-5-2/h22H,4-21H2,1-3H3. The van der Waals surface area contributed by atoms with Crippen LogP contribution in [0.3, 0.4) is 0 Å². The number of rotatable bonds is 22. The van der Waals surface area contributed by atoms with E-state index in [2.05, 4.69) is 20.8 Å². The zero-order valence-electron chi connectivity index (χ0n) is 17.9. The molecule has 0 aromatic carbocycles. The average Bonchev–Trinajstić information content (AvgIpc) is 2.65. The molecule has 0 saturated heterocycles. The minimum Gasteiger partial charge on any atom is -0.381 e. The van der Waals surface area contributed by atoms with Gasteiger partial charge in [0.1, 0.15) is 6.79 Å². The second-order valence-corrected chi connectivity index (χ2v) is 7.08. The largest absolute Gasteiger partial charge is 0.381 e. The summed E-state index contributed by atoms with van der Waals surface area (Å²) >= 11 is 0. The van der Waals surface area contributed by atoms with Crippen molar-refractivity contribution in [2.24, 2.45) is 0 Å². The first-order valence-electron chi connectivity index (χ1n) is 11.2. The Morgan fingerprint density at radius 1 is 0.500 bits per heavy atom. The topological polar surface area (TPSA) is 36.9 Å². The molecule has 0 spiro atoms. The van der Waals surface area contributed by atoms with Gasteiger partial charge >= 0.3 is 0 Å². The minimum atomic E-state index is -0.136. The van der Waals surface area contributed by atoms with E-state index in [0.717, 1.165) is 58.5 Å². The quantitative estimate of drug-likeness (QED) is 0.161. The van der Waals surface area contributed by atoms with Crippen molar-refractivity contribution in [3.8, 4) is 0 Å². The smallest absolute Gasteiger partial charge is 0.160 e. The second kappa shape index (κ2) is 22.9. The van der Waals surface area contributed by atoms with E-state index in [9.17, 15) is 0 Å². The highest BCUT2D eigenvalue weighted by Crippen LogP contribution is 2.09. The highest BCUT2D eigenvalue weighted by molar-refractivity contribution is 4.49. The van der Waals surface area contributed by atoms with Gasteiger partial charge in [-0.3, -0.25) is 0 Å². The predicted molar refractivity (Wildman–Crippen MR) is 110 cm³/mol. The molecule has 0 radical (unpaired) electrons. The molecular weight excluding hydrogens is 328 g/mol. The van der Waals surface area contributed by atoms with E-state index >= 15 is 0 Å². The van der Waals surface area contributed by atoms with Gasteiger partial charge in [-0.15, -0.1) is 0 Å². The molecule has 4 nitrogen and oxygen atoms in total. The van der Waals surface area contributed by atoms with Crippen LogP contribution >= 0.6 is 0 Å². The lowest BCUT2D eigenvalue weighted by molar-refractivity contribution is -0.198. The van der Waals surface area contributed by atoms with Crippen LogP contribution in [0.25, 0.3) is 0 Å². The Labute approximate surface area is 163 Å². The van der Waals surface area contributed by atoms with E-state index in [0.29, 0.717) is 6.79 Å². The lowest BCUT2D eigenvalue weighted by Crippen LogP contribution is -2.20. The Balaban J connectivity index is 3.70. The molecule has 1 unspecified atom stereocenters. The molecule has 0 aliphatic rings. The molecule has 4 heteroatoms. The van der Waals surface area contributed by atoms with Crippen molar-refractivity contribution >= 4 is 0 Å². The number of hydrogen-bond donors (Lipinski definition) is 0. The molecule has 0 amide bonds. The summed E-state index contributed by atoms with van der Waals surface area (Å²) in [6, 6.07) is 0. The lowest BCUT2D eigenvalue weighted by atomic mass is 10.2. The Kier molecular flexibility index (Phi) is 22.7. The molecular formula is C22H46O4. The Bertz CT molecular complexity index is 248. The number of unbranched alkanes of at least 4 members (excludes halogenated alkanes) is 8. The normalized spacial score (nSPS) is 12.6. The van der Waals surface area contributed by atoms with Crippen LogP contribution in [0.4, 0.5) is 0 Å². The van der Waals surface area contributed by atoms with Crippen LogP contribution in [0.1, 0.15) is 104 Å². The molecule has 0 fully saturated rings. The molecule has 26 heavy (non-hydrogen) atoms. The van der Waals surface area contributed by atoms with Crippen molar-refractivity contribution in [1.29, 1.82) is 0 Å². The van der Waals surface area contributed by atoms with Gasteiger partial charge < -0.3 is 18.9 Å². The maximum absolute atomic E-state index is 5.91. The minimum absolute atomic E-state index is 0.136. The van der Waals surface area contributed by atoms with E-state index < -0.39 is 0 Å². The lowest BCUT2D eigenvalue weighted by Gasteiger charge is -2.19. The Hall–Kier alpha value is -0.160. The summed E-state index contributed by atoms with van der Waals surface area (Å²) in [5, 5.41) is 0. The summed E-state index contributed by atoms with van der Waals surface area (Å²) in [6.45, 7) is 10.3. The fourth-order valence-electron chi connectivity index (χ4n) is 2.67. The monoisotopic (exact) mass is 374 g/mol. The summed E-state index contributed by atoms with van der Waals surface area (Å²) in [4.78, 5) is 0. The van der Waals surface area contributed by atoms with Crippen molar-refractivity contribution in [3.05, 3.63) is 0 Å². The summed E-state index contributed by atoms with van der Waals surface area (Å²) in [6.07, 6.45) is 15.1. The first-order chi connectivity index (χ1) is 12.8. The Morgan fingerprint density at radius 3 is 1.73 bits per heavy atom. The predicted octanol–water partition coefficient (Wildman–Crippen LogP) is 6.47. The SMILES string of the molecule is CCCCCCOCOC(CCCCOCCCCC)OCCCCC. The van der Waals surface area contributed by atoms with Gasteiger partial charge in [0.2, 0.25) is 0 Å². The van der Waals surface area contributed by atoms with Gasteiger partial charge in [0.05, 0.1) is 0 Å². The van der Waals surface area contributed by atoms with Gasteiger partial charge in [0, 0.05) is 26.4 Å². The van der Waals surface area contributed by atoms with Crippen LogP contribution in [0.5, 0.6) is 0 Å². The third kappa shape index (κ3) is 20.2. The zero-order valence-corrected chi connectivity index (χ0v) is 17.9. The van der Waals surface area contributed by atoms with Crippen molar-refractivity contribution < 1.29 is 18.9 Å². The highest BCUT2D eigenvalue weighted by Gasteiger charge is 2.09. The average molecular weight is 375 g/mol. The van der Waals surface area contributed by atoms with Crippen LogP contribution in [-0.2, 0) is 18.9 Å². The fraction of sp³-hybridized carbons (Fsp3) is 1.00. The molecule has 1 atom stereocenters. The number of hydrogen-bond acceptors (Lipinski definition) is 4. The first-order valence-corrected chi connectivity index (χ1v) is 11.2. The maximum Gasteiger partial charge on any atom is 0.160 e. The van der Waals surface area contributed by atoms with Crippen molar-refractivity contribution in [2.45, 2.75) is 111 Å². The first kappa shape index (κ1) is 25.8. The van der Waals surface area contributed by atoms with Gasteiger partial charge in [0.25, 0.3) is 0 Å². The molecule has 0 aromatic heterocycles. The van der Waals surface area contributed by atoms with E-state index in [-0.39, 0.29) is 6.29 Å². The summed E-state index contributed by atoms with van der Waals surface area (Å²) in [5.74, 6) is 0. The highest BCUT2D eigenvalue weighted by atomic mass is 16.7. The third-order valence-electron chi connectivity index (χ3n) is 4.40. The summed E-state index contributed by atoms with van der Waals surface area (Å²) in [5.41, 5.74) is 0. The van der Waals surface area contributed by atoms with Gasteiger partial charge in [-0.1, -0.05) is 65.7 Å². The van der Waals surface area contributed by atoms with Crippen LogP contribution in [0.2, 0.25) is 0 Å². The molecule has 0 aliphatic carbocycles. The van der Waals surface area contributed by atoms with Crippen molar-refractivity contribution in [2.75, 3.05) is 33.2 Å². The summed E-state index contributed by atoms with van der Waals surface area (Å²) < 4.78 is 23.0. The van der Waals surface area contributed by atoms with E-state index in [1.165, 1.54) is 51.4 Å². The number of ether oxygens (including phenoxy) is 4. The molecule has 0 heterocycles. The maximum atomic E-state index is 5.91. The Morgan fingerprint density at radius 2 is 1.04 bits per heavy atom. The second-order valence-electron chi connectivity index (χ2n) is 7.08. The molecule has 0 aliphatic heterocycles. The van der Waals surface area contributed by atoms with Crippen LogP contribution in [0, 0.1) is 0 Å². The molecule has 0 N–H and O–H groups in total. The van der Waals surface area contributed by atoms with Gasteiger partial charge in [-0.05, 0) is 38.5 Å². The fourth-order valence-corrected chi connectivity index (χ4v) is 2.67. The van der Waals surface area contributed by atoms with Crippen LogP contribution in [0.15, 0.2) is 0 Å². The summed E-state index contributed by atoms with van der Waals surface area (Å²) in [7, 11) is 0. The van der Waals surface area contributed by atoms with Crippen LogP contribution < -0.4 is 0 Å². The molecule has 0 bridgehead atoms. The molecule has 0 rings (SSSR count).